The zero-order valence-electron chi connectivity index (χ0n) is 12.1. The lowest BCUT2D eigenvalue weighted by Gasteiger charge is -2.29. The Balaban J connectivity index is 2.16. The van der Waals surface area contributed by atoms with Crippen LogP contribution in [0.4, 0.5) is 0 Å². The summed E-state index contributed by atoms with van der Waals surface area (Å²) in [5, 5.41) is 0. The maximum absolute atomic E-state index is 11.2. The summed E-state index contributed by atoms with van der Waals surface area (Å²) in [6.45, 7) is 2.46. The molecule has 1 aliphatic rings. The lowest BCUT2D eigenvalue weighted by Crippen LogP contribution is -2.29. The predicted molar refractivity (Wildman–Crippen MR) is 76.7 cm³/mol. The van der Waals surface area contributed by atoms with Crippen LogP contribution in [0, 0.1) is 0 Å². The number of methoxy groups -OCH3 is 1. The first-order valence-corrected chi connectivity index (χ1v) is 7.19. The molecular weight excluding hydrogens is 256 g/mol. The quantitative estimate of drug-likeness (QED) is 0.749. The van der Waals surface area contributed by atoms with Crippen molar-refractivity contribution in [3.63, 3.8) is 0 Å². The van der Waals surface area contributed by atoms with E-state index in [1.807, 2.05) is 13.0 Å². The second-order valence-electron chi connectivity index (χ2n) is 4.99. The Morgan fingerprint density at radius 2 is 2.10 bits per heavy atom. The fourth-order valence-electron chi connectivity index (χ4n) is 2.61. The summed E-state index contributed by atoms with van der Waals surface area (Å²) in [4.78, 5) is 11.2. The van der Waals surface area contributed by atoms with Crippen LogP contribution in [0.1, 0.15) is 43.0 Å². The van der Waals surface area contributed by atoms with Gasteiger partial charge in [0.25, 0.3) is 0 Å². The maximum Gasteiger partial charge on any atom is 0.172 e. The molecule has 2 unspecified atom stereocenters. The molecule has 1 saturated carbocycles. The average molecular weight is 278 g/mol. The predicted octanol–water partition coefficient (Wildman–Crippen LogP) is 3.23. The lowest BCUT2D eigenvalue weighted by atomic mass is 9.95. The van der Waals surface area contributed by atoms with Gasteiger partial charge in [0.2, 0.25) is 0 Å². The Bertz CT molecular complexity index is 444. The largest absolute Gasteiger partial charge is 0.490 e. The van der Waals surface area contributed by atoms with Gasteiger partial charge in [-0.15, -0.1) is 0 Å². The van der Waals surface area contributed by atoms with Gasteiger partial charge in [-0.1, -0.05) is 6.07 Å². The van der Waals surface area contributed by atoms with Gasteiger partial charge in [0, 0.05) is 13.5 Å². The molecule has 0 amide bonds. The Labute approximate surface area is 120 Å². The molecule has 0 N–H and O–H groups in total. The number of carbonyl (C=O) groups is 1. The number of hydrogen-bond acceptors (Lipinski definition) is 4. The highest BCUT2D eigenvalue weighted by molar-refractivity contribution is 5.81. The number of hydrogen-bond donors (Lipinski definition) is 0. The van der Waals surface area contributed by atoms with Crippen molar-refractivity contribution in [2.45, 2.75) is 44.8 Å². The number of para-hydroxylation sites is 1. The molecule has 0 aromatic heterocycles. The van der Waals surface area contributed by atoms with Crippen LogP contribution < -0.4 is 9.47 Å². The van der Waals surface area contributed by atoms with E-state index in [4.69, 9.17) is 14.2 Å². The minimum Gasteiger partial charge on any atom is -0.490 e. The number of benzene rings is 1. The van der Waals surface area contributed by atoms with Crippen LogP contribution in [0.2, 0.25) is 0 Å². The van der Waals surface area contributed by atoms with Gasteiger partial charge in [0.1, 0.15) is 6.10 Å². The van der Waals surface area contributed by atoms with E-state index in [1.165, 1.54) is 0 Å². The Kier molecular flexibility index (Phi) is 5.41. The molecule has 1 fully saturated rings. The van der Waals surface area contributed by atoms with Crippen molar-refractivity contribution >= 4 is 6.29 Å². The van der Waals surface area contributed by atoms with E-state index in [-0.39, 0.29) is 12.2 Å². The van der Waals surface area contributed by atoms with Crippen molar-refractivity contribution < 1.29 is 19.0 Å². The van der Waals surface area contributed by atoms with Crippen molar-refractivity contribution in [3.8, 4) is 11.5 Å². The van der Waals surface area contributed by atoms with Gasteiger partial charge in [0.15, 0.2) is 17.8 Å². The minimum absolute atomic E-state index is 0.0778. The molecule has 4 heteroatoms. The standard InChI is InChI=1S/C16H22O4/c1-3-19-15-9-4-6-12(11-17)16(15)20-14-8-5-7-13(10-14)18-2/h4,6,9,11,13-14H,3,5,7-8,10H2,1-2H3. The monoisotopic (exact) mass is 278 g/mol. The molecule has 2 rings (SSSR count). The Morgan fingerprint density at radius 3 is 2.80 bits per heavy atom. The topological polar surface area (TPSA) is 44.8 Å². The normalized spacial score (nSPS) is 22.3. The molecule has 1 aliphatic carbocycles. The van der Waals surface area contributed by atoms with Crippen molar-refractivity contribution in [1.29, 1.82) is 0 Å². The number of aldehydes is 1. The molecule has 110 valence electrons. The number of carbonyl (C=O) groups excluding carboxylic acids is 1. The molecule has 20 heavy (non-hydrogen) atoms. The number of ether oxygens (including phenoxy) is 3. The van der Waals surface area contributed by atoms with Crippen molar-refractivity contribution in [2.24, 2.45) is 0 Å². The molecule has 0 heterocycles. The second kappa shape index (κ2) is 7.29. The van der Waals surface area contributed by atoms with Gasteiger partial charge in [-0.3, -0.25) is 4.79 Å². The van der Waals surface area contributed by atoms with E-state index < -0.39 is 0 Å². The highest BCUT2D eigenvalue weighted by Crippen LogP contribution is 2.34. The van der Waals surface area contributed by atoms with E-state index in [0.29, 0.717) is 23.7 Å². The fraction of sp³-hybridized carbons (Fsp3) is 0.562. The van der Waals surface area contributed by atoms with E-state index in [1.54, 1.807) is 19.2 Å². The van der Waals surface area contributed by atoms with Gasteiger partial charge >= 0.3 is 0 Å². The van der Waals surface area contributed by atoms with E-state index in [0.717, 1.165) is 32.0 Å². The molecule has 0 aliphatic heterocycles. The van der Waals surface area contributed by atoms with Crippen LogP contribution in [0.3, 0.4) is 0 Å². The first-order chi connectivity index (χ1) is 9.78. The summed E-state index contributed by atoms with van der Waals surface area (Å²) >= 11 is 0. The zero-order chi connectivity index (χ0) is 14.4. The van der Waals surface area contributed by atoms with Gasteiger partial charge in [0.05, 0.1) is 18.3 Å². The fourth-order valence-corrected chi connectivity index (χ4v) is 2.61. The molecule has 0 bridgehead atoms. The Morgan fingerprint density at radius 1 is 1.30 bits per heavy atom. The first-order valence-electron chi connectivity index (χ1n) is 7.19. The van der Waals surface area contributed by atoms with Crippen LogP contribution in [-0.2, 0) is 4.74 Å². The van der Waals surface area contributed by atoms with Crippen LogP contribution in [0.5, 0.6) is 11.5 Å². The third-order valence-corrected chi connectivity index (χ3v) is 3.63. The summed E-state index contributed by atoms with van der Waals surface area (Å²) < 4.78 is 17.0. The average Bonchev–Trinajstić information content (AvgIpc) is 2.49. The molecule has 2 atom stereocenters. The number of rotatable bonds is 6. The smallest absolute Gasteiger partial charge is 0.172 e. The summed E-state index contributed by atoms with van der Waals surface area (Å²) in [6, 6.07) is 5.39. The summed E-state index contributed by atoms with van der Waals surface area (Å²) in [5.74, 6) is 1.20. The van der Waals surface area contributed by atoms with Crippen LogP contribution in [0.15, 0.2) is 18.2 Å². The van der Waals surface area contributed by atoms with Crippen LogP contribution >= 0.6 is 0 Å². The van der Waals surface area contributed by atoms with Gasteiger partial charge < -0.3 is 14.2 Å². The molecule has 0 saturated heterocycles. The summed E-state index contributed by atoms with van der Waals surface area (Å²) in [6.07, 6.45) is 5.13. The molecule has 4 nitrogen and oxygen atoms in total. The van der Waals surface area contributed by atoms with Gasteiger partial charge in [-0.2, -0.15) is 0 Å². The first kappa shape index (κ1) is 14.9. The molecule has 0 radical (unpaired) electrons. The van der Waals surface area contributed by atoms with Gasteiger partial charge in [-0.25, -0.2) is 0 Å². The van der Waals surface area contributed by atoms with Crippen LogP contribution in [-0.4, -0.2) is 32.2 Å². The molecule has 1 aromatic carbocycles. The minimum atomic E-state index is 0.0778. The third kappa shape index (κ3) is 3.51. The SMILES string of the molecule is CCOc1cccc(C=O)c1OC1CCCC(OC)C1. The van der Waals surface area contributed by atoms with Crippen molar-refractivity contribution in [2.75, 3.05) is 13.7 Å². The highest BCUT2D eigenvalue weighted by Gasteiger charge is 2.25. The molecule has 0 spiro atoms. The highest BCUT2D eigenvalue weighted by atomic mass is 16.5. The van der Waals surface area contributed by atoms with Gasteiger partial charge in [-0.05, 0) is 38.3 Å². The molecule has 1 aromatic rings. The maximum atomic E-state index is 11.2. The van der Waals surface area contributed by atoms with E-state index >= 15 is 0 Å². The Hall–Kier alpha value is -1.55. The lowest BCUT2D eigenvalue weighted by molar-refractivity contribution is 0.0198. The molecular formula is C16H22O4. The summed E-state index contributed by atoms with van der Waals surface area (Å²) in [7, 11) is 1.73. The van der Waals surface area contributed by atoms with E-state index in [2.05, 4.69) is 0 Å². The zero-order valence-corrected chi connectivity index (χ0v) is 12.1. The van der Waals surface area contributed by atoms with Crippen molar-refractivity contribution in [1.82, 2.24) is 0 Å². The summed E-state index contributed by atoms with van der Waals surface area (Å²) in [5.41, 5.74) is 0.537. The van der Waals surface area contributed by atoms with E-state index in [9.17, 15) is 4.79 Å². The van der Waals surface area contributed by atoms with Crippen molar-refractivity contribution in [3.05, 3.63) is 23.8 Å². The second-order valence-corrected chi connectivity index (χ2v) is 4.99. The third-order valence-electron chi connectivity index (χ3n) is 3.63. The van der Waals surface area contributed by atoms with Crippen LogP contribution in [0.25, 0.3) is 0 Å².